The zero-order valence-electron chi connectivity index (χ0n) is 22.4. The number of aromatic nitrogens is 1. The molecule has 0 saturated carbocycles. The van der Waals surface area contributed by atoms with E-state index in [-0.39, 0.29) is 25.7 Å². The number of benzene rings is 1. The van der Waals surface area contributed by atoms with Crippen LogP contribution >= 0.6 is 0 Å². The maximum Gasteiger partial charge on any atom is 0.326 e. The third-order valence-corrected chi connectivity index (χ3v) is 6.34. The van der Waals surface area contributed by atoms with Gasteiger partial charge in [-0.05, 0) is 37.4 Å². The number of carbonyl (C=O) groups is 6. The van der Waals surface area contributed by atoms with Crippen molar-refractivity contribution in [3.05, 3.63) is 36.0 Å². The number of carboxylic acid groups (broad SMARTS) is 2. The molecule has 0 bridgehead atoms. The number of hydrogen-bond donors (Lipinski definition) is 9. The van der Waals surface area contributed by atoms with E-state index in [4.69, 9.17) is 17.2 Å². The fourth-order valence-electron chi connectivity index (χ4n) is 4.12. The van der Waals surface area contributed by atoms with E-state index >= 15 is 0 Å². The van der Waals surface area contributed by atoms with Gasteiger partial charge in [-0.3, -0.25) is 24.0 Å². The number of carboxylic acids is 2. The van der Waals surface area contributed by atoms with E-state index in [1.165, 1.54) is 0 Å². The van der Waals surface area contributed by atoms with Crippen LogP contribution in [-0.4, -0.2) is 81.5 Å². The Balaban J connectivity index is 2.17. The molecule has 4 amide bonds. The fourth-order valence-corrected chi connectivity index (χ4v) is 4.12. The van der Waals surface area contributed by atoms with Gasteiger partial charge in [0.25, 0.3) is 0 Å². The molecule has 0 radical (unpaired) electrons. The topological polar surface area (TPSA) is 273 Å². The van der Waals surface area contributed by atoms with Crippen molar-refractivity contribution in [3.8, 4) is 0 Å². The van der Waals surface area contributed by atoms with Crippen molar-refractivity contribution in [1.82, 2.24) is 20.9 Å². The van der Waals surface area contributed by atoms with Crippen LogP contribution in [0.25, 0.3) is 10.9 Å². The van der Waals surface area contributed by atoms with E-state index < -0.39 is 66.2 Å². The Labute approximate surface area is 235 Å². The number of nitrogens with two attached hydrogens (primary N) is 3. The third kappa shape index (κ3) is 10.5. The van der Waals surface area contributed by atoms with Gasteiger partial charge in [0.15, 0.2) is 0 Å². The summed E-state index contributed by atoms with van der Waals surface area (Å²) in [5.74, 6) is -6.32. The van der Waals surface area contributed by atoms with Crippen LogP contribution in [0.3, 0.4) is 0 Å². The monoisotopic (exact) mass is 575 g/mol. The van der Waals surface area contributed by atoms with Crippen molar-refractivity contribution in [3.63, 3.8) is 0 Å². The molecule has 224 valence electrons. The molecule has 0 fully saturated rings. The van der Waals surface area contributed by atoms with E-state index in [9.17, 15) is 39.0 Å². The Morgan fingerprint density at radius 3 is 2.12 bits per heavy atom. The average molecular weight is 576 g/mol. The van der Waals surface area contributed by atoms with Crippen LogP contribution in [-0.2, 0) is 35.2 Å². The molecule has 12 N–H and O–H groups in total. The van der Waals surface area contributed by atoms with Gasteiger partial charge in [-0.15, -0.1) is 0 Å². The molecule has 4 atom stereocenters. The molecule has 2 rings (SSSR count). The smallest absolute Gasteiger partial charge is 0.326 e. The van der Waals surface area contributed by atoms with Crippen LogP contribution in [0.5, 0.6) is 0 Å². The highest BCUT2D eigenvalue weighted by Gasteiger charge is 2.32. The number of fused-ring (bicyclic) bond motifs is 1. The number of carbonyl (C=O) groups excluding carboxylic acids is 4. The molecular formula is C26H37N7O8. The summed E-state index contributed by atoms with van der Waals surface area (Å²) in [5.41, 5.74) is 17.9. The van der Waals surface area contributed by atoms with E-state index in [0.717, 1.165) is 10.9 Å². The van der Waals surface area contributed by atoms with Crippen LogP contribution in [0.2, 0.25) is 0 Å². The van der Waals surface area contributed by atoms with Gasteiger partial charge in [-0.2, -0.15) is 0 Å². The van der Waals surface area contributed by atoms with Gasteiger partial charge < -0.3 is 48.3 Å². The second-order valence-corrected chi connectivity index (χ2v) is 9.58. The summed E-state index contributed by atoms with van der Waals surface area (Å²) < 4.78 is 0. The first kappa shape index (κ1) is 32.7. The Morgan fingerprint density at radius 2 is 1.49 bits per heavy atom. The molecule has 0 aliphatic rings. The minimum absolute atomic E-state index is 0.127. The van der Waals surface area contributed by atoms with E-state index in [2.05, 4.69) is 20.9 Å². The number of hydrogen-bond acceptors (Lipinski definition) is 8. The summed E-state index contributed by atoms with van der Waals surface area (Å²) in [4.78, 5) is 76.4. The van der Waals surface area contributed by atoms with Crippen molar-refractivity contribution in [2.45, 2.75) is 69.1 Å². The molecule has 0 aliphatic heterocycles. The molecule has 1 aromatic carbocycles. The molecule has 15 nitrogen and oxygen atoms in total. The lowest BCUT2D eigenvalue weighted by Crippen LogP contribution is -2.57. The largest absolute Gasteiger partial charge is 0.481 e. The van der Waals surface area contributed by atoms with Crippen molar-refractivity contribution in [2.24, 2.45) is 17.2 Å². The first-order valence-corrected chi connectivity index (χ1v) is 13.1. The average Bonchev–Trinajstić information content (AvgIpc) is 3.32. The van der Waals surface area contributed by atoms with Crippen molar-refractivity contribution < 1.29 is 39.0 Å². The molecule has 1 aromatic heterocycles. The van der Waals surface area contributed by atoms with Crippen molar-refractivity contribution >= 4 is 46.5 Å². The molecule has 2 aromatic rings. The number of para-hydroxylation sites is 1. The van der Waals surface area contributed by atoms with Gasteiger partial charge in [0.1, 0.15) is 18.1 Å². The number of rotatable bonds is 18. The first-order valence-electron chi connectivity index (χ1n) is 13.1. The van der Waals surface area contributed by atoms with Crippen LogP contribution in [0.4, 0.5) is 0 Å². The number of H-pyrrole nitrogens is 1. The van der Waals surface area contributed by atoms with Gasteiger partial charge in [0.05, 0.1) is 12.5 Å². The van der Waals surface area contributed by atoms with Gasteiger partial charge in [-0.1, -0.05) is 24.6 Å². The Morgan fingerprint density at radius 1 is 0.854 bits per heavy atom. The summed E-state index contributed by atoms with van der Waals surface area (Å²) in [5, 5.41) is 26.8. The lowest BCUT2D eigenvalue weighted by molar-refractivity contribution is -0.143. The van der Waals surface area contributed by atoms with E-state index in [1.807, 2.05) is 0 Å². The number of nitrogens with one attached hydrogen (secondary N) is 4. The van der Waals surface area contributed by atoms with E-state index in [1.54, 1.807) is 30.5 Å². The molecule has 4 unspecified atom stereocenters. The normalized spacial score (nSPS) is 13.9. The summed E-state index contributed by atoms with van der Waals surface area (Å²) in [6.45, 7) is 0.412. The number of amides is 4. The lowest BCUT2D eigenvalue weighted by Gasteiger charge is -2.24. The highest BCUT2D eigenvalue weighted by Crippen LogP contribution is 2.19. The summed E-state index contributed by atoms with van der Waals surface area (Å²) in [7, 11) is 0. The molecule has 15 heteroatoms. The molecule has 0 aliphatic carbocycles. The summed E-state index contributed by atoms with van der Waals surface area (Å²) >= 11 is 0. The standard InChI is InChI=1S/C26H37N7O8/c27-10-4-3-6-16(28)23(37)31-18(8-9-21(29)34)24(38)32-19(12-22(35)36)25(39)33-20(26(40)41)11-14-13-30-17-7-2-1-5-15(14)17/h1-2,5,7,13,16,18-20,30H,3-4,6,8-12,27-28H2,(H2,29,34)(H,31,37)(H,32,38)(H,33,39)(H,35,36)(H,40,41). The number of unbranched alkanes of at least 4 members (excludes halogenated alkanes) is 1. The summed E-state index contributed by atoms with van der Waals surface area (Å²) in [6.07, 6.45) is 1.53. The Bertz CT molecular complexity index is 1250. The highest BCUT2D eigenvalue weighted by atomic mass is 16.4. The predicted octanol–water partition coefficient (Wildman–Crippen LogP) is -1.55. The first-order chi connectivity index (χ1) is 19.4. The number of aromatic amines is 1. The predicted molar refractivity (Wildman–Crippen MR) is 147 cm³/mol. The molecule has 1 heterocycles. The number of aliphatic carboxylic acids is 2. The van der Waals surface area contributed by atoms with Crippen LogP contribution in [0.15, 0.2) is 30.5 Å². The highest BCUT2D eigenvalue weighted by molar-refractivity contribution is 5.96. The molecule has 41 heavy (non-hydrogen) atoms. The molecular weight excluding hydrogens is 538 g/mol. The zero-order chi connectivity index (χ0) is 30.5. The third-order valence-electron chi connectivity index (χ3n) is 6.34. The minimum Gasteiger partial charge on any atom is -0.481 e. The molecule has 0 spiro atoms. The van der Waals surface area contributed by atoms with Gasteiger partial charge in [-0.25, -0.2) is 4.79 Å². The van der Waals surface area contributed by atoms with Gasteiger partial charge in [0.2, 0.25) is 23.6 Å². The fraction of sp³-hybridized carbons (Fsp3) is 0.462. The quantitative estimate of drug-likeness (QED) is 0.0922. The Kier molecular flexibility index (Phi) is 12.7. The second-order valence-electron chi connectivity index (χ2n) is 9.58. The number of primary amides is 1. The van der Waals surface area contributed by atoms with E-state index in [0.29, 0.717) is 24.9 Å². The lowest BCUT2D eigenvalue weighted by atomic mass is 10.0. The summed E-state index contributed by atoms with van der Waals surface area (Å²) in [6, 6.07) is 1.64. The van der Waals surface area contributed by atoms with Crippen LogP contribution in [0.1, 0.15) is 44.1 Å². The maximum absolute atomic E-state index is 13.1. The van der Waals surface area contributed by atoms with Crippen molar-refractivity contribution in [1.29, 1.82) is 0 Å². The second kappa shape index (κ2) is 15.9. The minimum atomic E-state index is -1.70. The van der Waals surface area contributed by atoms with Gasteiger partial charge >= 0.3 is 11.9 Å². The van der Waals surface area contributed by atoms with Crippen LogP contribution in [0, 0.1) is 0 Å². The van der Waals surface area contributed by atoms with Gasteiger partial charge in [0, 0.05) is 29.9 Å². The zero-order valence-corrected chi connectivity index (χ0v) is 22.4. The van der Waals surface area contributed by atoms with Crippen LogP contribution < -0.4 is 33.2 Å². The maximum atomic E-state index is 13.1. The Hall–Kier alpha value is -4.50. The van der Waals surface area contributed by atoms with Crippen molar-refractivity contribution in [2.75, 3.05) is 6.54 Å². The molecule has 0 saturated heterocycles. The SMILES string of the molecule is NCCCCC(N)C(=O)NC(CCC(N)=O)C(=O)NC(CC(=O)O)C(=O)NC(Cc1c[nH]c2ccccc12)C(=O)O.